The van der Waals surface area contributed by atoms with Gasteiger partial charge in [0.25, 0.3) is 0 Å². The molecule has 1 aliphatic rings. The van der Waals surface area contributed by atoms with Crippen LogP contribution in [-0.4, -0.2) is 18.0 Å². The molecule has 20 heavy (non-hydrogen) atoms. The Labute approximate surface area is 124 Å². The number of carbonyl (C=O) groups excluding carboxylic acids is 1. The molecule has 1 amide bonds. The van der Waals surface area contributed by atoms with Crippen LogP contribution in [-0.2, 0) is 4.79 Å². The van der Waals surface area contributed by atoms with E-state index in [0.717, 1.165) is 31.2 Å². The van der Waals surface area contributed by atoms with E-state index in [0.29, 0.717) is 16.4 Å². The number of nitrogens with one attached hydrogen (secondary N) is 1. The van der Waals surface area contributed by atoms with Crippen molar-refractivity contribution >= 4 is 28.8 Å². The van der Waals surface area contributed by atoms with Gasteiger partial charge < -0.3 is 15.8 Å². The lowest BCUT2D eigenvalue weighted by Crippen LogP contribution is -2.44. The lowest BCUT2D eigenvalue weighted by atomic mass is 9.85. The fraction of sp³-hybridized carbons (Fsp3) is 0.467. The van der Waals surface area contributed by atoms with Gasteiger partial charge in [0, 0.05) is 0 Å². The molecule has 1 fully saturated rings. The molecule has 0 atom stereocenters. The predicted molar refractivity (Wildman–Crippen MR) is 84.0 cm³/mol. The summed E-state index contributed by atoms with van der Waals surface area (Å²) in [6, 6.07) is 5.67. The van der Waals surface area contributed by atoms with Crippen LogP contribution in [0, 0.1) is 12.3 Å². The fourth-order valence-electron chi connectivity index (χ4n) is 2.73. The highest BCUT2D eigenvalue weighted by molar-refractivity contribution is 7.80. The zero-order valence-corrected chi connectivity index (χ0v) is 12.7. The first-order valence-corrected chi connectivity index (χ1v) is 7.16. The summed E-state index contributed by atoms with van der Waals surface area (Å²) in [5.74, 6) is 0.520. The molecule has 2 rings (SSSR count). The Morgan fingerprint density at radius 1 is 1.40 bits per heavy atom. The van der Waals surface area contributed by atoms with Gasteiger partial charge in [-0.15, -0.1) is 0 Å². The van der Waals surface area contributed by atoms with Gasteiger partial charge in [-0.05, 0) is 37.5 Å². The number of benzene rings is 1. The van der Waals surface area contributed by atoms with Gasteiger partial charge in [0.15, 0.2) is 0 Å². The number of thiocarbonyl (C=S) groups is 1. The van der Waals surface area contributed by atoms with Gasteiger partial charge in [-0.2, -0.15) is 0 Å². The Hall–Kier alpha value is -1.62. The van der Waals surface area contributed by atoms with Crippen LogP contribution in [0.5, 0.6) is 5.75 Å². The third-order valence-corrected chi connectivity index (χ3v) is 4.36. The monoisotopic (exact) mass is 292 g/mol. The number of anilines is 1. The molecule has 0 aromatic heterocycles. The van der Waals surface area contributed by atoms with Gasteiger partial charge in [-0.3, -0.25) is 4.79 Å². The van der Waals surface area contributed by atoms with Crippen LogP contribution in [0.3, 0.4) is 0 Å². The molecule has 108 valence electrons. The van der Waals surface area contributed by atoms with E-state index in [9.17, 15) is 4.79 Å². The smallest absolute Gasteiger partial charge is 0.237 e. The summed E-state index contributed by atoms with van der Waals surface area (Å²) < 4.78 is 5.28. The zero-order chi connectivity index (χ0) is 14.8. The van der Waals surface area contributed by atoms with E-state index in [-0.39, 0.29) is 5.91 Å². The highest BCUT2D eigenvalue weighted by Gasteiger charge is 2.44. The van der Waals surface area contributed by atoms with Gasteiger partial charge >= 0.3 is 0 Å². The van der Waals surface area contributed by atoms with E-state index in [1.165, 1.54) is 0 Å². The number of hydrogen-bond donors (Lipinski definition) is 2. The van der Waals surface area contributed by atoms with Crippen LogP contribution in [0.1, 0.15) is 31.2 Å². The Morgan fingerprint density at radius 3 is 2.60 bits per heavy atom. The van der Waals surface area contributed by atoms with E-state index in [1.54, 1.807) is 7.11 Å². The molecule has 0 radical (unpaired) electrons. The number of carbonyl (C=O) groups is 1. The minimum Gasteiger partial charge on any atom is -0.495 e. The molecule has 5 heteroatoms. The Bertz CT molecular complexity index is 537. The average molecular weight is 292 g/mol. The fourth-order valence-corrected chi connectivity index (χ4v) is 3.02. The molecule has 0 saturated heterocycles. The second-order valence-corrected chi connectivity index (χ2v) is 5.75. The number of hydrogen-bond acceptors (Lipinski definition) is 3. The summed E-state index contributed by atoms with van der Waals surface area (Å²) in [5, 5.41) is 2.93. The highest BCUT2D eigenvalue weighted by Crippen LogP contribution is 2.40. The number of rotatable bonds is 4. The third-order valence-electron chi connectivity index (χ3n) is 3.97. The maximum atomic E-state index is 12.6. The van der Waals surface area contributed by atoms with Crippen molar-refractivity contribution in [2.24, 2.45) is 11.1 Å². The van der Waals surface area contributed by atoms with Gasteiger partial charge in [0.1, 0.15) is 5.75 Å². The lowest BCUT2D eigenvalue weighted by Gasteiger charge is -2.26. The van der Waals surface area contributed by atoms with Gasteiger partial charge in [0.05, 0.1) is 23.2 Å². The van der Waals surface area contributed by atoms with E-state index < -0.39 is 5.41 Å². The first-order valence-electron chi connectivity index (χ1n) is 6.75. The molecule has 1 aromatic carbocycles. The number of methoxy groups -OCH3 is 1. The molecular weight excluding hydrogens is 272 g/mol. The Balaban J connectivity index is 2.27. The van der Waals surface area contributed by atoms with E-state index in [4.69, 9.17) is 22.7 Å². The van der Waals surface area contributed by atoms with E-state index in [1.807, 2.05) is 25.1 Å². The molecular formula is C15H20N2O2S. The number of nitrogens with two attached hydrogens (primary N) is 1. The summed E-state index contributed by atoms with van der Waals surface area (Å²) in [4.78, 5) is 12.9. The van der Waals surface area contributed by atoms with Crippen molar-refractivity contribution in [2.45, 2.75) is 32.6 Å². The molecule has 4 nitrogen and oxygen atoms in total. The number of amides is 1. The van der Waals surface area contributed by atoms with Crippen molar-refractivity contribution in [3.63, 3.8) is 0 Å². The summed E-state index contributed by atoms with van der Waals surface area (Å²) in [6.07, 6.45) is 3.41. The van der Waals surface area contributed by atoms with Crippen molar-refractivity contribution in [1.29, 1.82) is 0 Å². The molecule has 0 bridgehead atoms. The predicted octanol–water partition coefficient (Wildman–Crippen LogP) is 2.79. The SMILES string of the molecule is COc1ccc(C)cc1NC(=O)C1(C(N)=S)CCCC1. The van der Waals surface area contributed by atoms with Crippen LogP contribution < -0.4 is 15.8 Å². The summed E-state index contributed by atoms with van der Waals surface area (Å²) >= 11 is 5.13. The maximum absolute atomic E-state index is 12.6. The molecule has 1 aromatic rings. The van der Waals surface area contributed by atoms with E-state index >= 15 is 0 Å². The molecule has 0 spiro atoms. The van der Waals surface area contributed by atoms with Crippen molar-refractivity contribution in [2.75, 3.05) is 12.4 Å². The van der Waals surface area contributed by atoms with Crippen molar-refractivity contribution in [3.8, 4) is 5.75 Å². The topological polar surface area (TPSA) is 64.3 Å². The largest absolute Gasteiger partial charge is 0.495 e. The summed E-state index contributed by atoms with van der Waals surface area (Å²) in [7, 11) is 1.58. The molecule has 1 aliphatic carbocycles. The maximum Gasteiger partial charge on any atom is 0.237 e. The molecule has 0 aliphatic heterocycles. The van der Waals surface area contributed by atoms with Crippen molar-refractivity contribution in [3.05, 3.63) is 23.8 Å². The Kier molecular flexibility index (Phi) is 4.28. The number of aryl methyl sites for hydroxylation is 1. The first kappa shape index (κ1) is 14.8. The molecule has 3 N–H and O–H groups in total. The van der Waals surface area contributed by atoms with Gasteiger partial charge in [-0.25, -0.2) is 0 Å². The van der Waals surface area contributed by atoms with Crippen LogP contribution in [0.15, 0.2) is 18.2 Å². The van der Waals surface area contributed by atoms with Crippen molar-refractivity contribution in [1.82, 2.24) is 0 Å². The summed E-state index contributed by atoms with van der Waals surface area (Å²) in [5.41, 5.74) is 6.84. The number of ether oxygens (including phenoxy) is 1. The zero-order valence-electron chi connectivity index (χ0n) is 11.9. The van der Waals surface area contributed by atoms with Gasteiger partial charge in [-0.1, -0.05) is 31.1 Å². The minimum atomic E-state index is -0.704. The highest BCUT2D eigenvalue weighted by atomic mass is 32.1. The second kappa shape index (κ2) is 5.79. The minimum absolute atomic E-state index is 0.119. The van der Waals surface area contributed by atoms with E-state index in [2.05, 4.69) is 5.32 Å². The normalized spacial score (nSPS) is 16.7. The lowest BCUT2D eigenvalue weighted by molar-refractivity contribution is -0.122. The first-order chi connectivity index (χ1) is 9.49. The quantitative estimate of drug-likeness (QED) is 0.838. The van der Waals surface area contributed by atoms with Gasteiger partial charge in [0.2, 0.25) is 5.91 Å². The summed E-state index contributed by atoms with van der Waals surface area (Å²) in [6.45, 7) is 1.97. The molecule has 0 heterocycles. The second-order valence-electron chi connectivity index (χ2n) is 5.31. The third kappa shape index (κ3) is 2.63. The van der Waals surface area contributed by atoms with Crippen molar-refractivity contribution < 1.29 is 9.53 Å². The van der Waals surface area contributed by atoms with Crippen LogP contribution in [0.25, 0.3) is 0 Å². The van der Waals surface area contributed by atoms with Crippen LogP contribution >= 0.6 is 12.2 Å². The average Bonchev–Trinajstić information content (AvgIpc) is 2.89. The standard InChI is InChI=1S/C15H20N2O2S/c1-10-5-6-12(19-2)11(9-10)17-14(18)15(13(16)20)7-3-4-8-15/h5-6,9H,3-4,7-8H2,1-2H3,(H2,16,20)(H,17,18). The molecule has 0 unspecified atom stereocenters. The van der Waals surface area contributed by atoms with Crippen LogP contribution in [0.2, 0.25) is 0 Å². The van der Waals surface area contributed by atoms with Crippen LogP contribution in [0.4, 0.5) is 5.69 Å². The Morgan fingerprint density at radius 2 is 2.05 bits per heavy atom. The molecule has 1 saturated carbocycles.